The molecule has 0 saturated heterocycles. The highest BCUT2D eigenvalue weighted by atomic mass is 19.1. The molecule has 102 valence electrons. The molecule has 0 aliphatic rings. The lowest BCUT2D eigenvalue weighted by Gasteiger charge is -2.17. The van der Waals surface area contributed by atoms with Gasteiger partial charge in [0.05, 0.1) is 16.6 Å². The van der Waals surface area contributed by atoms with Gasteiger partial charge in [0.2, 0.25) is 5.82 Å². The highest BCUT2D eigenvalue weighted by Gasteiger charge is 2.25. The summed E-state index contributed by atoms with van der Waals surface area (Å²) in [4.78, 5) is 22.5. The van der Waals surface area contributed by atoms with E-state index in [9.17, 15) is 23.7 Å². The minimum atomic E-state index is -1.34. The van der Waals surface area contributed by atoms with Gasteiger partial charge >= 0.3 is 5.69 Å². The minimum Gasteiger partial charge on any atom is -0.338 e. The fourth-order valence-corrected chi connectivity index (χ4v) is 1.55. The highest BCUT2D eigenvalue weighted by Crippen LogP contribution is 2.23. The third-order valence-corrected chi connectivity index (χ3v) is 2.30. The molecule has 0 radical (unpaired) electrons. The SMILES string of the molecule is C=C(C)CN(C)C(=O)c1cc(F)cc([N+](=O)[O-])c1F. The van der Waals surface area contributed by atoms with Crippen molar-refractivity contribution in [1.82, 2.24) is 4.90 Å². The minimum absolute atomic E-state index is 0.141. The quantitative estimate of drug-likeness (QED) is 0.479. The van der Waals surface area contributed by atoms with Crippen molar-refractivity contribution in [2.45, 2.75) is 6.92 Å². The molecule has 0 heterocycles. The summed E-state index contributed by atoms with van der Waals surface area (Å²) in [5.41, 5.74) is -1.09. The third-order valence-electron chi connectivity index (χ3n) is 2.30. The molecule has 1 aromatic rings. The van der Waals surface area contributed by atoms with Crippen LogP contribution in [0, 0.1) is 21.7 Å². The Kier molecular flexibility index (Phi) is 4.31. The normalized spacial score (nSPS) is 10.1. The summed E-state index contributed by atoms with van der Waals surface area (Å²) in [5, 5.41) is 10.6. The fraction of sp³-hybridized carbons (Fsp3) is 0.250. The summed E-state index contributed by atoms with van der Waals surface area (Å²) < 4.78 is 27.0. The molecule has 7 heteroatoms. The smallest absolute Gasteiger partial charge is 0.308 e. The first-order valence-electron chi connectivity index (χ1n) is 5.27. The zero-order valence-electron chi connectivity index (χ0n) is 10.4. The molecule has 0 aliphatic heterocycles. The number of halogens is 2. The number of carbonyl (C=O) groups is 1. The molecule has 1 aromatic carbocycles. The van der Waals surface area contributed by atoms with Crippen LogP contribution < -0.4 is 0 Å². The van der Waals surface area contributed by atoms with E-state index < -0.39 is 33.7 Å². The first kappa shape index (κ1) is 14.7. The van der Waals surface area contributed by atoms with E-state index in [2.05, 4.69) is 6.58 Å². The van der Waals surface area contributed by atoms with Crippen LogP contribution in [0.3, 0.4) is 0 Å². The number of hydrogen-bond acceptors (Lipinski definition) is 3. The van der Waals surface area contributed by atoms with Crippen molar-refractivity contribution in [1.29, 1.82) is 0 Å². The molecule has 0 unspecified atom stereocenters. The fourth-order valence-electron chi connectivity index (χ4n) is 1.55. The Morgan fingerprint density at radius 1 is 1.47 bits per heavy atom. The van der Waals surface area contributed by atoms with E-state index in [0.29, 0.717) is 17.7 Å². The van der Waals surface area contributed by atoms with Crippen LogP contribution in [0.2, 0.25) is 0 Å². The molecule has 19 heavy (non-hydrogen) atoms. The molecule has 0 bridgehead atoms. The van der Waals surface area contributed by atoms with Crippen LogP contribution >= 0.6 is 0 Å². The van der Waals surface area contributed by atoms with Crippen LogP contribution in [0.1, 0.15) is 17.3 Å². The number of amides is 1. The topological polar surface area (TPSA) is 63.5 Å². The van der Waals surface area contributed by atoms with Gasteiger partial charge in [0.15, 0.2) is 0 Å². The van der Waals surface area contributed by atoms with E-state index in [1.165, 1.54) is 7.05 Å². The first-order chi connectivity index (χ1) is 8.73. The maximum Gasteiger partial charge on any atom is 0.308 e. The zero-order valence-corrected chi connectivity index (χ0v) is 10.4. The second-order valence-corrected chi connectivity index (χ2v) is 4.16. The third kappa shape index (κ3) is 3.34. The lowest BCUT2D eigenvalue weighted by molar-refractivity contribution is -0.387. The van der Waals surface area contributed by atoms with Crippen molar-refractivity contribution in [2.75, 3.05) is 13.6 Å². The Morgan fingerprint density at radius 3 is 2.53 bits per heavy atom. The van der Waals surface area contributed by atoms with E-state index in [1.807, 2.05) is 0 Å². The van der Waals surface area contributed by atoms with E-state index >= 15 is 0 Å². The number of nitrogens with zero attached hydrogens (tertiary/aromatic N) is 2. The lowest BCUT2D eigenvalue weighted by Crippen LogP contribution is -2.29. The average molecular weight is 270 g/mol. The monoisotopic (exact) mass is 270 g/mol. The van der Waals surface area contributed by atoms with Gasteiger partial charge in [-0.05, 0) is 13.0 Å². The summed E-state index contributed by atoms with van der Waals surface area (Å²) in [5.74, 6) is -3.23. The van der Waals surface area contributed by atoms with Crippen LogP contribution in [0.25, 0.3) is 0 Å². The molecule has 0 spiro atoms. The second-order valence-electron chi connectivity index (χ2n) is 4.16. The second kappa shape index (κ2) is 5.55. The van der Waals surface area contributed by atoms with Crippen LogP contribution in [0.5, 0.6) is 0 Å². The van der Waals surface area contributed by atoms with Crippen molar-refractivity contribution in [2.24, 2.45) is 0 Å². The van der Waals surface area contributed by atoms with Gasteiger partial charge in [-0.2, -0.15) is 4.39 Å². The number of hydrogen-bond donors (Lipinski definition) is 0. The summed E-state index contributed by atoms with van der Waals surface area (Å²) >= 11 is 0. The zero-order chi connectivity index (χ0) is 14.7. The maximum absolute atomic E-state index is 13.8. The molecule has 0 saturated carbocycles. The van der Waals surface area contributed by atoms with E-state index in [-0.39, 0.29) is 6.54 Å². The van der Waals surface area contributed by atoms with Gasteiger partial charge in [-0.15, -0.1) is 0 Å². The molecule has 0 N–H and O–H groups in total. The highest BCUT2D eigenvalue weighted by molar-refractivity contribution is 5.95. The average Bonchev–Trinajstić information content (AvgIpc) is 2.29. The molecule has 0 aromatic heterocycles. The molecule has 1 amide bonds. The Balaban J connectivity index is 3.23. The van der Waals surface area contributed by atoms with Gasteiger partial charge in [0.1, 0.15) is 5.82 Å². The first-order valence-corrected chi connectivity index (χ1v) is 5.27. The standard InChI is InChI=1S/C12H12F2N2O3/c1-7(2)6-15(3)12(17)9-4-8(13)5-10(11(9)14)16(18)19/h4-5H,1,6H2,2-3H3. The van der Waals surface area contributed by atoms with Crippen LogP contribution in [-0.4, -0.2) is 29.3 Å². The van der Waals surface area contributed by atoms with E-state index in [0.717, 1.165) is 4.90 Å². The Bertz CT molecular complexity index is 558. The largest absolute Gasteiger partial charge is 0.338 e. The molecule has 0 atom stereocenters. The van der Waals surface area contributed by atoms with Gasteiger partial charge in [0.25, 0.3) is 5.91 Å². The lowest BCUT2D eigenvalue weighted by atomic mass is 10.1. The Hall–Kier alpha value is -2.31. The van der Waals surface area contributed by atoms with Crippen molar-refractivity contribution in [3.8, 4) is 0 Å². The van der Waals surface area contributed by atoms with Crippen molar-refractivity contribution < 1.29 is 18.5 Å². The maximum atomic E-state index is 13.8. The Morgan fingerprint density at radius 2 is 2.05 bits per heavy atom. The number of nitro groups is 1. The van der Waals surface area contributed by atoms with Gasteiger partial charge in [-0.1, -0.05) is 12.2 Å². The number of likely N-dealkylation sites (N-methyl/N-ethyl adjacent to an activating group) is 1. The van der Waals surface area contributed by atoms with Gasteiger partial charge in [-0.3, -0.25) is 14.9 Å². The number of benzene rings is 1. The molecular formula is C12H12F2N2O3. The van der Waals surface area contributed by atoms with Gasteiger partial charge in [-0.25, -0.2) is 4.39 Å². The molecule has 0 aliphatic carbocycles. The van der Waals surface area contributed by atoms with Crippen LogP contribution in [0.15, 0.2) is 24.3 Å². The van der Waals surface area contributed by atoms with E-state index in [4.69, 9.17) is 0 Å². The molecule has 0 fully saturated rings. The molecule has 5 nitrogen and oxygen atoms in total. The Labute approximate surface area is 108 Å². The molecular weight excluding hydrogens is 258 g/mol. The van der Waals surface area contributed by atoms with Gasteiger partial charge < -0.3 is 4.90 Å². The predicted octanol–water partition coefficient (Wildman–Crippen LogP) is 2.52. The number of carbonyl (C=O) groups excluding carboxylic acids is 1. The van der Waals surface area contributed by atoms with Gasteiger partial charge in [0, 0.05) is 13.6 Å². The number of nitro benzene ring substituents is 1. The van der Waals surface area contributed by atoms with Crippen LogP contribution in [-0.2, 0) is 0 Å². The van der Waals surface area contributed by atoms with E-state index in [1.54, 1.807) is 6.92 Å². The summed E-state index contributed by atoms with van der Waals surface area (Å²) in [7, 11) is 1.37. The summed E-state index contributed by atoms with van der Waals surface area (Å²) in [6.07, 6.45) is 0. The predicted molar refractivity (Wildman–Crippen MR) is 64.8 cm³/mol. The van der Waals surface area contributed by atoms with Crippen molar-refractivity contribution >= 4 is 11.6 Å². The summed E-state index contributed by atoms with van der Waals surface area (Å²) in [6.45, 7) is 5.39. The summed E-state index contributed by atoms with van der Waals surface area (Å²) in [6, 6.07) is 1.07. The van der Waals surface area contributed by atoms with Crippen LogP contribution in [0.4, 0.5) is 14.5 Å². The number of rotatable bonds is 4. The van der Waals surface area contributed by atoms with Crippen molar-refractivity contribution in [3.63, 3.8) is 0 Å². The van der Waals surface area contributed by atoms with Crippen molar-refractivity contribution in [3.05, 3.63) is 51.6 Å². The molecule has 1 rings (SSSR count).